The van der Waals surface area contributed by atoms with Gasteiger partial charge in [-0.25, -0.2) is 9.97 Å². The van der Waals surface area contributed by atoms with E-state index in [1.165, 1.54) is 0 Å². The highest BCUT2D eigenvalue weighted by atomic mass is 16.5. The number of rotatable bonds is 6. The van der Waals surface area contributed by atoms with Gasteiger partial charge in [-0.1, -0.05) is 18.2 Å². The number of primary amides is 1. The molecule has 1 aliphatic rings. The number of hydrogen-bond acceptors (Lipinski definition) is 7. The average Bonchev–Trinajstić information content (AvgIpc) is 2.80. The SMILES string of the molecule is CN(C)c1ncc(CN2CCO[C@H](c3cccc(-c4ccc(C(N)=O)cc4)n3)C2)cn1. The van der Waals surface area contributed by atoms with Crippen molar-refractivity contribution in [1.82, 2.24) is 19.9 Å². The first-order valence-corrected chi connectivity index (χ1v) is 10.2. The lowest BCUT2D eigenvalue weighted by molar-refractivity contribution is -0.0349. The van der Waals surface area contributed by atoms with Crippen LogP contribution >= 0.6 is 0 Å². The number of amides is 1. The molecule has 2 N–H and O–H groups in total. The van der Waals surface area contributed by atoms with Gasteiger partial charge in [-0.3, -0.25) is 14.7 Å². The van der Waals surface area contributed by atoms with Crippen molar-refractivity contribution < 1.29 is 9.53 Å². The number of nitrogens with zero attached hydrogens (tertiary/aromatic N) is 5. The molecule has 8 nitrogen and oxygen atoms in total. The summed E-state index contributed by atoms with van der Waals surface area (Å²) in [5, 5.41) is 0. The Morgan fingerprint density at radius 3 is 2.58 bits per heavy atom. The molecule has 1 amide bonds. The topological polar surface area (TPSA) is 97.5 Å². The fraction of sp³-hybridized carbons (Fsp3) is 0.304. The number of pyridine rings is 1. The van der Waals surface area contributed by atoms with Gasteiger partial charge in [0, 0.05) is 62.8 Å². The lowest BCUT2D eigenvalue weighted by Crippen LogP contribution is -2.38. The molecular weight excluding hydrogens is 392 g/mol. The second-order valence-corrected chi connectivity index (χ2v) is 7.77. The minimum atomic E-state index is -0.439. The van der Waals surface area contributed by atoms with E-state index in [-0.39, 0.29) is 6.10 Å². The number of carbonyl (C=O) groups is 1. The van der Waals surface area contributed by atoms with Crippen LogP contribution in [0, 0.1) is 0 Å². The van der Waals surface area contributed by atoms with E-state index in [0.717, 1.165) is 42.1 Å². The van der Waals surface area contributed by atoms with Gasteiger partial charge in [0.1, 0.15) is 6.10 Å². The molecule has 3 heterocycles. The summed E-state index contributed by atoms with van der Waals surface area (Å²) in [6.07, 6.45) is 3.64. The lowest BCUT2D eigenvalue weighted by Gasteiger charge is -2.32. The lowest BCUT2D eigenvalue weighted by atomic mass is 10.1. The average molecular weight is 419 g/mol. The molecule has 0 spiro atoms. The minimum Gasteiger partial charge on any atom is -0.369 e. The van der Waals surface area contributed by atoms with Gasteiger partial charge in [-0.15, -0.1) is 0 Å². The van der Waals surface area contributed by atoms with E-state index in [0.29, 0.717) is 18.1 Å². The van der Waals surface area contributed by atoms with Gasteiger partial charge >= 0.3 is 0 Å². The molecule has 2 aromatic heterocycles. The molecule has 0 unspecified atom stereocenters. The van der Waals surface area contributed by atoms with E-state index in [4.69, 9.17) is 15.5 Å². The van der Waals surface area contributed by atoms with E-state index in [9.17, 15) is 4.79 Å². The molecule has 1 saturated heterocycles. The number of hydrogen-bond donors (Lipinski definition) is 1. The normalized spacial score (nSPS) is 16.8. The number of nitrogens with two attached hydrogens (primary N) is 1. The predicted molar refractivity (Wildman–Crippen MR) is 119 cm³/mol. The van der Waals surface area contributed by atoms with Crippen molar-refractivity contribution in [3.8, 4) is 11.3 Å². The van der Waals surface area contributed by atoms with E-state index in [1.54, 1.807) is 12.1 Å². The van der Waals surface area contributed by atoms with Crippen molar-refractivity contribution in [2.45, 2.75) is 12.6 Å². The Kier molecular flexibility index (Phi) is 6.20. The molecule has 0 radical (unpaired) electrons. The molecule has 8 heteroatoms. The third-order valence-electron chi connectivity index (χ3n) is 5.21. The summed E-state index contributed by atoms with van der Waals surface area (Å²) >= 11 is 0. The van der Waals surface area contributed by atoms with Gasteiger partial charge in [0.25, 0.3) is 0 Å². The number of carbonyl (C=O) groups excluding carboxylic acids is 1. The summed E-state index contributed by atoms with van der Waals surface area (Å²) in [4.78, 5) is 29.1. The fourth-order valence-corrected chi connectivity index (χ4v) is 3.54. The zero-order chi connectivity index (χ0) is 21.8. The highest BCUT2D eigenvalue weighted by Gasteiger charge is 2.23. The Morgan fingerprint density at radius 1 is 1.16 bits per heavy atom. The third-order valence-corrected chi connectivity index (χ3v) is 5.21. The molecule has 1 fully saturated rings. The van der Waals surface area contributed by atoms with Crippen molar-refractivity contribution in [3.63, 3.8) is 0 Å². The van der Waals surface area contributed by atoms with Crippen LogP contribution in [0.1, 0.15) is 27.7 Å². The van der Waals surface area contributed by atoms with Crippen LogP contribution in [0.3, 0.4) is 0 Å². The highest BCUT2D eigenvalue weighted by molar-refractivity contribution is 5.93. The van der Waals surface area contributed by atoms with E-state index in [1.807, 2.05) is 61.7 Å². The van der Waals surface area contributed by atoms with E-state index >= 15 is 0 Å². The number of morpholine rings is 1. The van der Waals surface area contributed by atoms with E-state index in [2.05, 4.69) is 14.9 Å². The van der Waals surface area contributed by atoms with Crippen molar-refractivity contribution in [1.29, 1.82) is 0 Å². The Balaban J connectivity index is 1.45. The number of ether oxygens (including phenoxy) is 1. The van der Waals surface area contributed by atoms with Gasteiger partial charge in [-0.2, -0.15) is 0 Å². The Hall–Kier alpha value is -3.36. The molecular formula is C23H26N6O2. The van der Waals surface area contributed by atoms with Crippen LogP contribution in [0.25, 0.3) is 11.3 Å². The van der Waals surface area contributed by atoms with Crippen molar-refractivity contribution in [2.75, 3.05) is 38.7 Å². The van der Waals surface area contributed by atoms with Gasteiger partial charge in [0.2, 0.25) is 11.9 Å². The van der Waals surface area contributed by atoms with Crippen LogP contribution in [-0.4, -0.2) is 59.6 Å². The van der Waals surface area contributed by atoms with Crippen molar-refractivity contribution >= 4 is 11.9 Å². The Labute approximate surface area is 181 Å². The van der Waals surface area contributed by atoms with Crippen LogP contribution < -0.4 is 10.6 Å². The number of aromatic nitrogens is 3. The molecule has 3 aromatic rings. The maximum Gasteiger partial charge on any atom is 0.248 e. The van der Waals surface area contributed by atoms with Crippen molar-refractivity contribution in [2.24, 2.45) is 5.73 Å². The summed E-state index contributed by atoms with van der Waals surface area (Å²) in [6.45, 7) is 3.00. The predicted octanol–water partition coefficient (Wildman–Crippen LogP) is 2.28. The summed E-state index contributed by atoms with van der Waals surface area (Å²) in [6, 6.07) is 13.1. The van der Waals surface area contributed by atoms with Crippen molar-refractivity contribution in [3.05, 3.63) is 71.7 Å². The molecule has 0 aliphatic carbocycles. The summed E-state index contributed by atoms with van der Waals surface area (Å²) in [7, 11) is 3.85. The molecule has 0 bridgehead atoms. The summed E-state index contributed by atoms with van der Waals surface area (Å²) < 4.78 is 6.02. The van der Waals surface area contributed by atoms with Crippen LogP contribution in [0.2, 0.25) is 0 Å². The second kappa shape index (κ2) is 9.20. The largest absolute Gasteiger partial charge is 0.369 e. The molecule has 1 aliphatic heterocycles. The van der Waals surface area contributed by atoms with Gasteiger partial charge in [0.15, 0.2) is 0 Å². The molecule has 1 aromatic carbocycles. The van der Waals surface area contributed by atoms with Gasteiger partial charge in [-0.05, 0) is 24.3 Å². The minimum absolute atomic E-state index is 0.111. The smallest absolute Gasteiger partial charge is 0.248 e. The first-order chi connectivity index (χ1) is 15.0. The first kappa shape index (κ1) is 20.9. The van der Waals surface area contributed by atoms with Gasteiger partial charge in [0.05, 0.1) is 18.0 Å². The van der Waals surface area contributed by atoms with Crippen LogP contribution in [0.5, 0.6) is 0 Å². The number of benzene rings is 1. The summed E-state index contributed by atoms with van der Waals surface area (Å²) in [5.41, 5.74) is 9.53. The van der Waals surface area contributed by atoms with Crippen LogP contribution in [0.15, 0.2) is 54.9 Å². The molecule has 31 heavy (non-hydrogen) atoms. The quantitative estimate of drug-likeness (QED) is 0.656. The zero-order valence-electron chi connectivity index (χ0n) is 17.7. The second-order valence-electron chi connectivity index (χ2n) is 7.77. The first-order valence-electron chi connectivity index (χ1n) is 10.2. The molecule has 4 rings (SSSR count). The monoisotopic (exact) mass is 418 g/mol. The standard InChI is InChI=1S/C23H26N6O2/c1-28(2)23-25-12-16(13-26-23)14-29-10-11-31-21(15-29)20-5-3-4-19(27-20)17-6-8-18(9-7-17)22(24)30/h3-9,12-13,21H,10-11,14-15H2,1-2H3,(H2,24,30)/t21-/m0/s1. The fourth-order valence-electron chi connectivity index (χ4n) is 3.54. The molecule has 1 atom stereocenters. The maximum absolute atomic E-state index is 11.3. The Bertz CT molecular complexity index is 1040. The molecule has 160 valence electrons. The van der Waals surface area contributed by atoms with Crippen LogP contribution in [0.4, 0.5) is 5.95 Å². The summed E-state index contributed by atoms with van der Waals surface area (Å²) in [5.74, 6) is 0.263. The highest BCUT2D eigenvalue weighted by Crippen LogP contribution is 2.25. The van der Waals surface area contributed by atoms with Crippen LogP contribution in [-0.2, 0) is 11.3 Å². The Morgan fingerprint density at radius 2 is 1.90 bits per heavy atom. The zero-order valence-corrected chi connectivity index (χ0v) is 17.7. The van der Waals surface area contributed by atoms with E-state index < -0.39 is 5.91 Å². The number of anilines is 1. The maximum atomic E-state index is 11.3. The molecule has 0 saturated carbocycles. The third kappa shape index (κ3) is 5.04. The van der Waals surface area contributed by atoms with Gasteiger partial charge < -0.3 is 15.4 Å².